The van der Waals surface area contributed by atoms with Crippen molar-refractivity contribution in [3.8, 4) is 0 Å². The van der Waals surface area contributed by atoms with E-state index < -0.39 is 86.8 Å². The molecule has 2 aliphatic rings. The molecule has 0 saturated carbocycles. The first-order chi connectivity index (χ1) is 42.6. The van der Waals surface area contributed by atoms with Crippen molar-refractivity contribution >= 4 is 5.91 Å². The maximum atomic E-state index is 13.3. The summed E-state index contributed by atoms with van der Waals surface area (Å²) in [7, 11) is 0. The lowest BCUT2D eigenvalue weighted by atomic mass is 9.97. The summed E-state index contributed by atoms with van der Waals surface area (Å²) >= 11 is 0. The second-order valence-electron chi connectivity index (χ2n) is 26.1. The Labute approximate surface area is 531 Å². The zero-order valence-corrected chi connectivity index (χ0v) is 55.8. The number of aliphatic hydroxyl groups is 8. The quantitative estimate of drug-likeness (QED) is 0.0204. The van der Waals surface area contributed by atoms with Crippen molar-refractivity contribution in [2.45, 2.75) is 402 Å². The number of carbonyl (C=O) groups excluding carboxylic acids is 1. The normalized spacial score (nSPS) is 23.4. The minimum Gasteiger partial charge on any atom is -0.394 e. The van der Waals surface area contributed by atoms with E-state index in [2.05, 4.69) is 43.5 Å². The summed E-state index contributed by atoms with van der Waals surface area (Å²) in [5.74, 6) is -0.246. The molecule has 2 saturated heterocycles. The zero-order chi connectivity index (χ0) is 63.1. The lowest BCUT2D eigenvalue weighted by Crippen LogP contribution is -2.65. The fraction of sp³-hybridized carbons (Fsp3) is 0.904. The van der Waals surface area contributed by atoms with Crippen molar-refractivity contribution < 1.29 is 64.6 Å². The van der Waals surface area contributed by atoms with Gasteiger partial charge >= 0.3 is 0 Å². The molecular formula is C73H137NO13. The molecule has 2 aliphatic heterocycles. The van der Waals surface area contributed by atoms with Gasteiger partial charge in [-0.3, -0.25) is 4.79 Å². The molecule has 512 valence electrons. The molecule has 0 aromatic rings. The number of aliphatic hydroxyl groups excluding tert-OH is 8. The van der Waals surface area contributed by atoms with E-state index in [1.807, 2.05) is 6.08 Å². The minimum absolute atomic E-state index is 0.246. The van der Waals surface area contributed by atoms with Crippen LogP contribution in [0.2, 0.25) is 0 Å². The number of amides is 1. The van der Waals surface area contributed by atoms with Crippen LogP contribution in [0.5, 0.6) is 0 Å². The highest BCUT2D eigenvalue weighted by Gasteiger charge is 2.51. The Hall–Kier alpha value is -1.79. The number of allylic oxidation sites excluding steroid dienone is 5. The van der Waals surface area contributed by atoms with E-state index in [0.29, 0.717) is 12.8 Å². The van der Waals surface area contributed by atoms with Crippen LogP contribution in [0, 0.1) is 0 Å². The molecule has 2 heterocycles. The van der Waals surface area contributed by atoms with Gasteiger partial charge in [-0.2, -0.15) is 0 Å². The Morgan fingerprint density at radius 1 is 0.402 bits per heavy atom. The van der Waals surface area contributed by atoms with Crippen molar-refractivity contribution in [3.63, 3.8) is 0 Å². The third-order valence-corrected chi connectivity index (χ3v) is 18.1. The van der Waals surface area contributed by atoms with Gasteiger partial charge in [0.15, 0.2) is 12.6 Å². The second kappa shape index (κ2) is 58.1. The van der Waals surface area contributed by atoms with E-state index in [1.165, 1.54) is 250 Å². The largest absolute Gasteiger partial charge is 0.394 e. The molecule has 14 nitrogen and oxygen atoms in total. The van der Waals surface area contributed by atoms with Gasteiger partial charge in [0.2, 0.25) is 5.91 Å². The zero-order valence-electron chi connectivity index (χ0n) is 55.8. The van der Waals surface area contributed by atoms with Crippen molar-refractivity contribution in [1.82, 2.24) is 5.32 Å². The van der Waals surface area contributed by atoms with Crippen molar-refractivity contribution in [2.24, 2.45) is 0 Å². The first-order valence-corrected chi connectivity index (χ1v) is 36.7. The fourth-order valence-electron chi connectivity index (χ4n) is 12.2. The minimum atomic E-state index is -1.79. The highest BCUT2D eigenvalue weighted by Crippen LogP contribution is 2.30. The summed E-state index contributed by atoms with van der Waals surface area (Å²) in [6.07, 6.45) is 57.9. The molecular weight excluding hydrogens is 1100 g/mol. The van der Waals surface area contributed by atoms with Crippen molar-refractivity contribution in [3.05, 3.63) is 36.5 Å². The monoisotopic (exact) mass is 1240 g/mol. The van der Waals surface area contributed by atoms with Crippen LogP contribution in [0.1, 0.15) is 328 Å². The third-order valence-electron chi connectivity index (χ3n) is 18.1. The Kier molecular flexibility index (Phi) is 54.3. The Bertz CT molecular complexity index is 1600. The van der Waals surface area contributed by atoms with Gasteiger partial charge in [0, 0.05) is 6.42 Å². The first kappa shape index (κ1) is 81.3. The number of unbranched alkanes of at least 4 members (excludes halogenated alkanes) is 44. The molecule has 0 aliphatic carbocycles. The molecule has 0 aromatic carbocycles. The predicted molar refractivity (Wildman–Crippen MR) is 355 cm³/mol. The van der Waals surface area contributed by atoms with E-state index in [1.54, 1.807) is 6.08 Å². The summed E-state index contributed by atoms with van der Waals surface area (Å²) < 4.78 is 22.9. The Balaban J connectivity index is 1.67. The smallest absolute Gasteiger partial charge is 0.220 e. The average molecular weight is 1240 g/mol. The first-order valence-electron chi connectivity index (χ1n) is 36.7. The summed E-state index contributed by atoms with van der Waals surface area (Å²) in [5, 5.41) is 87.4. The average Bonchev–Trinajstić information content (AvgIpc) is 2.73. The van der Waals surface area contributed by atoms with Gasteiger partial charge in [0.25, 0.3) is 0 Å². The number of ether oxygens (including phenoxy) is 4. The lowest BCUT2D eigenvalue weighted by molar-refractivity contribution is -0.359. The third kappa shape index (κ3) is 42.1. The van der Waals surface area contributed by atoms with Gasteiger partial charge in [0.1, 0.15) is 48.8 Å². The van der Waals surface area contributed by atoms with Crippen LogP contribution >= 0.6 is 0 Å². The number of hydrogen-bond acceptors (Lipinski definition) is 13. The number of nitrogens with one attached hydrogen (secondary N) is 1. The molecule has 1 amide bonds. The van der Waals surface area contributed by atoms with Crippen molar-refractivity contribution in [2.75, 3.05) is 19.8 Å². The highest BCUT2D eigenvalue weighted by molar-refractivity contribution is 5.76. The van der Waals surface area contributed by atoms with Crippen LogP contribution in [0.15, 0.2) is 36.5 Å². The van der Waals surface area contributed by atoms with Gasteiger partial charge < -0.3 is 65.1 Å². The summed E-state index contributed by atoms with van der Waals surface area (Å²) in [6.45, 7) is 2.83. The van der Waals surface area contributed by atoms with E-state index in [0.717, 1.165) is 44.9 Å². The van der Waals surface area contributed by atoms with E-state index in [4.69, 9.17) is 18.9 Å². The van der Waals surface area contributed by atoms with Crippen LogP contribution in [0.4, 0.5) is 0 Å². The molecule has 12 atom stereocenters. The molecule has 9 N–H and O–H groups in total. The summed E-state index contributed by atoms with van der Waals surface area (Å²) in [6, 6.07) is -0.937. The topological polar surface area (TPSA) is 228 Å². The van der Waals surface area contributed by atoms with E-state index in [9.17, 15) is 45.6 Å². The maximum absolute atomic E-state index is 13.3. The summed E-state index contributed by atoms with van der Waals surface area (Å²) in [5.41, 5.74) is 0. The van der Waals surface area contributed by atoms with Crippen LogP contribution in [0.3, 0.4) is 0 Å². The lowest BCUT2D eigenvalue weighted by Gasteiger charge is -2.46. The highest BCUT2D eigenvalue weighted by atomic mass is 16.7. The molecule has 2 fully saturated rings. The van der Waals surface area contributed by atoms with Crippen LogP contribution in [-0.2, 0) is 23.7 Å². The van der Waals surface area contributed by atoms with Gasteiger partial charge in [-0.05, 0) is 44.9 Å². The van der Waals surface area contributed by atoms with Crippen LogP contribution < -0.4 is 5.32 Å². The molecule has 87 heavy (non-hydrogen) atoms. The molecule has 0 radical (unpaired) electrons. The van der Waals surface area contributed by atoms with E-state index >= 15 is 0 Å². The van der Waals surface area contributed by atoms with Gasteiger partial charge in [0.05, 0.1) is 32.0 Å². The van der Waals surface area contributed by atoms with Gasteiger partial charge in [-0.1, -0.05) is 314 Å². The van der Waals surface area contributed by atoms with Gasteiger partial charge in [-0.15, -0.1) is 0 Å². The number of rotatable bonds is 61. The maximum Gasteiger partial charge on any atom is 0.220 e. The summed E-state index contributed by atoms with van der Waals surface area (Å²) in [4.78, 5) is 13.3. The Morgan fingerprint density at radius 2 is 0.736 bits per heavy atom. The predicted octanol–water partition coefficient (Wildman–Crippen LogP) is 15.3. The standard InChI is InChI=1S/C73H137NO13/c1-3-5-7-9-11-13-15-17-19-21-23-25-27-28-29-30-31-32-33-35-37-39-41-43-45-47-49-51-53-55-57-65(78)74-61(60-84-72-70(83)68(81)71(64(59-76)86-72)87-73-69(82)67(80)66(79)63(58-75)85-73)62(77)56-54-52-50-48-46-44-42-40-38-36-34-26-24-22-20-18-16-14-12-10-8-6-4-2/h38,40,46,48,54,56,61-64,66-73,75-77,79-83H,3-37,39,41-45,47,49-53,55,57-60H2,1-2H3,(H,74,78)/b40-38+,48-46+,56-54+. The number of hydrogen-bond donors (Lipinski definition) is 9. The molecule has 14 heteroatoms. The fourth-order valence-corrected chi connectivity index (χ4v) is 12.2. The van der Waals surface area contributed by atoms with Gasteiger partial charge in [-0.25, -0.2) is 0 Å². The molecule has 0 bridgehead atoms. The Morgan fingerprint density at radius 3 is 1.13 bits per heavy atom. The van der Waals surface area contributed by atoms with E-state index in [-0.39, 0.29) is 18.9 Å². The van der Waals surface area contributed by atoms with Crippen molar-refractivity contribution in [1.29, 1.82) is 0 Å². The SMILES string of the molecule is CCCCCCCCCCCCCCC/C=C/CC/C=C/CC/C=C/C(O)C(COC1OC(CO)C(OC2OC(CO)C(O)C(O)C2O)C(O)C1O)NC(=O)CCCCCCCCCCCCCCCCCCCCCCCCCCCCCCCC. The second-order valence-corrected chi connectivity index (χ2v) is 26.1. The van der Waals surface area contributed by atoms with Crippen LogP contribution in [-0.4, -0.2) is 140 Å². The molecule has 0 aromatic heterocycles. The molecule has 2 rings (SSSR count). The molecule has 12 unspecified atom stereocenters. The number of carbonyl (C=O) groups is 1. The molecule has 0 spiro atoms. The van der Waals surface area contributed by atoms with Crippen LogP contribution in [0.25, 0.3) is 0 Å².